The van der Waals surface area contributed by atoms with Crippen molar-refractivity contribution in [3.63, 3.8) is 0 Å². The third-order valence-corrected chi connectivity index (χ3v) is 5.42. The Kier molecular flexibility index (Phi) is 2.34. The van der Waals surface area contributed by atoms with E-state index in [4.69, 9.17) is 0 Å². The summed E-state index contributed by atoms with van der Waals surface area (Å²) in [5.41, 5.74) is 4.63. The lowest BCUT2D eigenvalue weighted by molar-refractivity contribution is 0.139. The van der Waals surface area contributed by atoms with Crippen molar-refractivity contribution < 1.29 is 0 Å². The molecule has 3 heterocycles. The van der Waals surface area contributed by atoms with E-state index in [0.717, 1.165) is 5.92 Å². The first kappa shape index (κ1) is 11.5. The van der Waals surface area contributed by atoms with Crippen LogP contribution in [-0.2, 0) is 12.0 Å². The molecular weight excluding hydrogens is 232 g/mol. The number of hydrogen-bond donors (Lipinski definition) is 1. The van der Waals surface area contributed by atoms with Crippen LogP contribution in [0.3, 0.4) is 0 Å². The molecule has 2 nitrogen and oxygen atoms in total. The summed E-state index contributed by atoms with van der Waals surface area (Å²) in [5, 5.41) is 1.44. The Morgan fingerprint density at radius 1 is 1.37 bits per heavy atom. The quantitative estimate of drug-likeness (QED) is 0.822. The summed E-state index contributed by atoms with van der Waals surface area (Å²) in [4.78, 5) is 6.44. The lowest BCUT2D eigenvalue weighted by Gasteiger charge is -2.39. The van der Waals surface area contributed by atoms with E-state index in [0.29, 0.717) is 0 Å². The third-order valence-electron chi connectivity index (χ3n) is 5.42. The summed E-state index contributed by atoms with van der Waals surface area (Å²) in [6.07, 6.45) is 3.82. The highest BCUT2D eigenvalue weighted by molar-refractivity contribution is 5.85. The molecule has 0 amide bonds. The third kappa shape index (κ3) is 1.47. The van der Waals surface area contributed by atoms with E-state index < -0.39 is 0 Å². The molecule has 0 aliphatic carbocycles. The van der Waals surface area contributed by atoms with Gasteiger partial charge in [0.05, 0.1) is 5.54 Å². The molecule has 2 atom stereocenters. The van der Waals surface area contributed by atoms with Gasteiger partial charge in [-0.1, -0.05) is 31.5 Å². The monoisotopic (exact) mass is 254 g/mol. The number of aromatic amines is 1. The van der Waals surface area contributed by atoms with Gasteiger partial charge < -0.3 is 4.98 Å². The normalized spacial score (nSPS) is 30.5. The molecule has 2 aliphatic rings. The molecule has 4 rings (SSSR count). The summed E-state index contributed by atoms with van der Waals surface area (Å²) in [7, 11) is 0. The Morgan fingerprint density at radius 2 is 2.21 bits per heavy atom. The van der Waals surface area contributed by atoms with Crippen LogP contribution in [0.2, 0.25) is 0 Å². The lowest BCUT2D eigenvalue weighted by Crippen LogP contribution is -2.44. The second-order valence-corrected chi connectivity index (χ2v) is 6.47. The number of fused-ring (bicyclic) bond motifs is 5. The molecule has 1 N–H and O–H groups in total. The van der Waals surface area contributed by atoms with Crippen LogP contribution in [0.5, 0.6) is 0 Å². The molecule has 2 aromatic rings. The first-order chi connectivity index (χ1) is 9.22. The summed E-state index contributed by atoms with van der Waals surface area (Å²) in [6.45, 7) is 7.28. The number of benzene rings is 1. The van der Waals surface area contributed by atoms with Crippen LogP contribution in [0, 0.1) is 5.92 Å². The molecule has 100 valence electrons. The molecule has 0 radical (unpaired) electrons. The molecule has 1 aromatic heterocycles. The Hall–Kier alpha value is -1.28. The largest absolute Gasteiger partial charge is 0.357 e. The maximum atomic E-state index is 3.73. The Balaban J connectivity index is 1.90. The van der Waals surface area contributed by atoms with Gasteiger partial charge in [-0.2, -0.15) is 0 Å². The SMILES string of the molecule is CC[C@H]1CN2CCc3c([nH]c4ccccc34)[C@@]2(C)C1. The van der Waals surface area contributed by atoms with Crippen molar-refractivity contribution in [1.29, 1.82) is 0 Å². The van der Waals surface area contributed by atoms with Crippen LogP contribution in [-0.4, -0.2) is 23.0 Å². The number of aromatic nitrogens is 1. The van der Waals surface area contributed by atoms with Crippen LogP contribution >= 0.6 is 0 Å². The number of para-hydroxylation sites is 1. The van der Waals surface area contributed by atoms with Crippen molar-refractivity contribution in [2.45, 2.75) is 38.6 Å². The van der Waals surface area contributed by atoms with Crippen LogP contribution in [0.25, 0.3) is 10.9 Å². The summed E-state index contributed by atoms with van der Waals surface area (Å²) in [6, 6.07) is 8.78. The van der Waals surface area contributed by atoms with E-state index in [2.05, 4.69) is 48.0 Å². The maximum absolute atomic E-state index is 3.73. The fourth-order valence-corrected chi connectivity index (χ4v) is 4.31. The summed E-state index contributed by atoms with van der Waals surface area (Å²) in [5.74, 6) is 0.863. The average Bonchev–Trinajstić information content (AvgIpc) is 2.96. The standard InChI is InChI=1S/C17H22N2/c1-3-12-10-17(2)16-14(8-9-19(17)11-12)13-6-4-5-7-15(13)18-16/h4-7,12,18H,3,8-11H2,1-2H3/t12-,17-/m1/s1. The molecule has 0 unspecified atom stereocenters. The predicted octanol–water partition coefficient (Wildman–Crippen LogP) is 3.67. The van der Waals surface area contributed by atoms with Crippen molar-refractivity contribution >= 4 is 10.9 Å². The van der Waals surface area contributed by atoms with Gasteiger partial charge in [-0.15, -0.1) is 0 Å². The fourth-order valence-electron chi connectivity index (χ4n) is 4.31. The Morgan fingerprint density at radius 3 is 3.05 bits per heavy atom. The van der Waals surface area contributed by atoms with Crippen LogP contribution in [0.15, 0.2) is 24.3 Å². The zero-order valence-electron chi connectivity index (χ0n) is 11.9. The van der Waals surface area contributed by atoms with Crippen molar-refractivity contribution in [2.75, 3.05) is 13.1 Å². The van der Waals surface area contributed by atoms with Gasteiger partial charge >= 0.3 is 0 Å². The highest BCUT2D eigenvalue weighted by atomic mass is 15.2. The first-order valence-corrected chi connectivity index (χ1v) is 7.57. The molecule has 19 heavy (non-hydrogen) atoms. The Bertz CT molecular complexity index is 627. The molecule has 2 heteroatoms. The average molecular weight is 254 g/mol. The number of H-pyrrole nitrogens is 1. The van der Waals surface area contributed by atoms with E-state index in [1.165, 1.54) is 48.9 Å². The van der Waals surface area contributed by atoms with E-state index in [1.54, 1.807) is 5.56 Å². The van der Waals surface area contributed by atoms with Gasteiger partial charge in [0.15, 0.2) is 0 Å². The minimum absolute atomic E-state index is 0.243. The second kappa shape index (κ2) is 3.86. The van der Waals surface area contributed by atoms with Crippen LogP contribution < -0.4 is 0 Å². The van der Waals surface area contributed by atoms with Gasteiger partial charge in [-0.05, 0) is 37.3 Å². The van der Waals surface area contributed by atoms with Crippen LogP contribution in [0.4, 0.5) is 0 Å². The second-order valence-electron chi connectivity index (χ2n) is 6.47. The maximum Gasteiger partial charge on any atom is 0.0589 e. The predicted molar refractivity (Wildman–Crippen MR) is 79.3 cm³/mol. The van der Waals surface area contributed by atoms with E-state index >= 15 is 0 Å². The number of hydrogen-bond acceptors (Lipinski definition) is 1. The summed E-state index contributed by atoms with van der Waals surface area (Å²) < 4.78 is 0. The van der Waals surface area contributed by atoms with Gasteiger partial charge in [-0.3, -0.25) is 4.90 Å². The van der Waals surface area contributed by atoms with Gasteiger partial charge in [0.25, 0.3) is 0 Å². The molecule has 0 saturated carbocycles. The van der Waals surface area contributed by atoms with Gasteiger partial charge in [0.1, 0.15) is 0 Å². The minimum atomic E-state index is 0.243. The molecule has 0 spiro atoms. The van der Waals surface area contributed by atoms with Gasteiger partial charge in [0.2, 0.25) is 0 Å². The van der Waals surface area contributed by atoms with E-state index in [9.17, 15) is 0 Å². The highest BCUT2D eigenvalue weighted by Crippen LogP contribution is 2.47. The molecule has 0 bridgehead atoms. The minimum Gasteiger partial charge on any atom is -0.357 e. The topological polar surface area (TPSA) is 19.0 Å². The smallest absolute Gasteiger partial charge is 0.0589 e. The lowest BCUT2D eigenvalue weighted by atomic mass is 9.84. The molecule has 1 aromatic carbocycles. The zero-order chi connectivity index (χ0) is 13.0. The van der Waals surface area contributed by atoms with Crippen molar-refractivity contribution in [1.82, 2.24) is 9.88 Å². The molecule has 2 aliphatic heterocycles. The van der Waals surface area contributed by atoms with Crippen molar-refractivity contribution in [2.24, 2.45) is 5.92 Å². The van der Waals surface area contributed by atoms with Crippen molar-refractivity contribution in [3.8, 4) is 0 Å². The van der Waals surface area contributed by atoms with E-state index in [-0.39, 0.29) is 5.54 Å². The van der Waals surface area contributed by atoms with Gasteiger partial charge in [0, 0.05) is 29.7 Å². The Labute approximate surface area is 114 Å². The number of rotatable bonds is 1. The van der Waals surface area contributed by atoms with Gasteiger partial charge in [-0.25, -0.2) is 0 Å². The molecule has 1 fully saturated rings. The molecule has 1 saturated heterocycles. The molecular formula is C17H22N2. The van der Waals surface area contributed by atoms with E-state index in [1.807, 2.05) is 0 Å². The number of nitrogens with zero attached hydrogens (tertiary/aromatic N) is 1. The highest BCUT2D eigenvalue weighted by Gasteiger charge is 2.46. The fraction of sp³-hybridized carbons (Fsp3) is 0.529. The van der Waals surface area contributed by atoms with Crippen LogP contribution in [0.1, 0.15) is 37.9 Å². The zero-order valence-corrected chi connectivity index (χ0v) is 11.9. The number of nitrogens with one attached hydrogen (secondary N) is 1. The first-order valence-electron chi connectivity index (χ1n) is 7.57. The van der Waals surface area contributed by atoms with Crippen molar-refractivity contribution in [3.05, 3.63) is 35.5 Å². The summed E-state index contributed by atoms with van der Waals surface area (Å²) >= 11 is 0.